The average Bonchev–Trinajstić information content (AvgIpc) is 2.41. The van der Waals surface area contributed by atoms with Crippen molar-refractivity contribution >= 4 is 43.8 Å². The molecule has 1 aliphatic heterocycles. The number of hydrogen-bond acceptors (Lipinski definition) is 3. The molecule has 1 atom stereocenters. The molecule has 0 aliphatic carbocycles. The number of nitrogens with zero attached hydrogens (tertiary/aromatic N) is 1. The summed E-state index contributed by atoms with van der Waals surface area (Å²) in [6.45, 7) is 0.381. The van der Waals surface area contributed by atoms with Gasteiger partial charge in [-0.05, 0) is 47.0 Å². The Kier molecular flexibility index (Phi) is 4.66. The monoisotopic (exact) mass is 365 g/mol. The molecule has 0 radical (unpaired) electrons. The SMILES string of the molecule is O=CC1CCCCN1S(=O)(=O)c1ccc(Cl)c(Br)c1. The van der Waals surface area contributed by atoms with Gasteiger partial charge in [-0.15, -0.1) is 0 Å². The molecule has 1 aliphatic rings. The van der Waals surface area contributed by atoms with Gasteiger partial charge in [-0.3, -0.25) is 0 Å². The smallest absolute Gasteiger partial charge is 0.243 e. The van der Waals surface area contributed by atoms with Crippen molar-refractivity contribution in [3.05, 3.63) is 27.7 Å². The summed E-state index contributed by atoms with van der Waals surface area (Å²) in [7, 11) is -3.65. The lowest BCUT2D eigenvalue weighted by Crippen LogP contribution is -2.44. The first-order chi connectivity index (χ1) is 8.96. The Bertz CT molecular complexity index is 591. The fourth-order valence-corrected chi connectivity index (χ4v) is 4.44. The van der Waals surface area contributed by atoms with Crippen molar-refractivity contribution < 1.29 is 13.2 Å². The molecule has 0 aromatic heterocycles. The van der Waals surface area contributed by atoms with E-state index in [9.17, 15) is 13.2 Å². The first-order valence-corrected chi connectivity index (χ1v) is 8.50. The van der Waals surface area contributed by atoms with Crippen LogP contribution >= 0.6 is 27.5 Å². The molecule has 0 amide bonds. The van der Waals surface area contributed by atoms with Crippen LogP contribution in [0.15, 0.2) is 27.6 Å². The molecule has 1 fully saturated rings. The van der Waals surface area contributed by atoms with Gasteiger partial charge in [0.25, 0.3) is 0 Å². The molecule has 0 spiro atoms. The Balaban J connectivity index is 2.40. The topological polar surface area (TPSA) is 54.5 Å². The lowest BCUT2D eigenvalue weighted by atomic mass is 10.1. The second-order valence-corrected chi connectivity index (χ2v) is 7.54. The number of halogens is 2. The fraction of sp³-hybridized carbons (Fsp3) is 0.417. The van der Waals surface area contributed by atoms with E-state index in [1.807, 2.05) is 0 Å². The van der Waals surface area contributed by atoms with Crippen molar-refractivity contribution in [3.8, 4) is 0 Å². The summed E-state index contributed by atoms with van der Waals surface area (Å²) in [5, 5.41) is 0.449. The molecule has 0 bridgehead atoms. The molecule has 1 heterocycles. The Hall–Kier alpha value is -0.430. The van der Waals surface area contributed by atoms with E-state index in [2.05, 4.69) is 15.9 Å². The first-order valence-electron chi connectivity index (χ1n) is 5.89. The van der Waals surface area contributed by atoms with Crippen LogP contribution in [0.1, 0.15) is 19.3 Å². The molecule has 104 valence electrons. The summed E-state index contributed by atoms with van der Waals surface area (Å²) in [4.78, 5) is 11.2. The number of aldehydes is 1. The number of carbonyl (C=O) groups excluding carboxylic acids is 1. The molecule has 1 aromatic rings. The van der Waals surface area contributed by atoms with Gasteiger partial charge in [0, 0.05) is 11.0 Å². The van der Waals surface area contributed by atoms with Crippen LogP contribution in [-0.4, -0.2) is 31.6 Å². The predicted octanol–water partition coefficient (Wildman–Crippen LogP) is 2.84. The number of carbonyl (C=O) groups is 1. The van der Waals surface area contributed by atoms with Gasteiger partial charge in [-0.2, -0.15) is 4.31 Å². The number of benzene rings is 1. The molecule has 1 saturated heterocycles. The quantitative estimate of drug-likeness (QED) is 0.773. The van der Waals surface area contributed by atoms with E-state index < -0.39 is 16.1 Å². The van der Waals surface area contributed by atoms with E-state index in [0.29, 0.717) is 28.7 Å². The number of hydrogen-bond donors (Lipinski definition) is 0. The van der Waals surface area contributed by atoms with Crippen LogP contribution in [0.3, 0.4) is 0 Å². The van der Waals surface area contributed by atoms with Crippen molar-refractivity contribution in [2.24, 2.45) is 0 Å². The van der Waals surface area contributed by atoms with E-state index in [1.54, 1.807) is 0 Å². The second-order valence-electron chi connectivity index (χ2n) is 4.39. The van der Waals surface area contributed by atoms with E-state index >= 15 is 0 Å². The molecule has 0 saturated carbocycles. The molecule has 2 rings (SSSR count). The van der Waals surface area contributed by atoms with Gasteiger partial charge in [0.1, 0.15) is 6.29 Å². The van der Waals surface area contributed by atoms with Gasteiger partial charge in [0.2, 0.25) is 10.0 Å². The normalized spacial score (nSPS) is 21.3. The van der Waals surface area contributed by atoms with Gasteiger partial charge >= 0.3 is 0 Å². The zero-order valence-electron chi connectivity index (χ0n) is 10.1. The van der Waals surface area contributed by atoms with Crippen LogP contribution in [0.4, 0.5) is 0 Å². The van der Waals surface area contributed by atoms with Crippen molar-refractivity contribution in [2.75, 3.05) is 6.54 Å². The van der Waals surface area contributed by atoms with Gasteiger partial charge in [-0.1, -0.05) is 18.0 Å². The van der Waals surface area contributed by atoms with Crippen LogP contribution in [-0.2, 0) is 14.8 Å². The van der Waals surface area contributed by atoms with E-state index in [1.165, 1.54) is 22.5 Å². The number of piperidine rings is 1. The minimum atomic E-state index is -3.65. The minimum Gasteiger partial charge on any atom is -0.302 e. The third-order valence-corrected chi connectivity index (χ3v) is 6.29. The minimum absolute atomic E-state index is 0.150. The Labute approximate surface area is 125 Å². The lowest BCUT2D eigenvalue weighted by Gasteiger charge is -2.31. The highest BCUT2D eigenvalue weighted by molar-refractivity contribution is 9.10. The predicted molar refractivity (Wildman–Crippen MR) is 76.7 cm³/mol. The van der Waals surface area contributed by atoms with Crippen LogP contribution in [0.25, 0.3) is 0 Å². The molecule has 19 heavy (non-hydrogen) atoms. The van der Waals surface area contributed by atoms with Crippen LogP contribution in [0.5, 0.6) is 0 Å². The highest BCUT2D eigenvalue weighted by Crippen LogP contribution is 2.29. The highest BCUT2D eigenvalue weighted by atomic mass is 79.9. The molecule has 1 aromatic carbocycles. The Morgan fingerprint density at radius 3 is 2.74 bits per heavy atom. The zero-order chi connectivity index (χ0) is 14.0. The summed E-state index contributed by atoms with van der Waals surface area (Å²) in [5.41, 5.74) is 0. The van der Waals surface area contributed by atoms with Crippen molar-refractivity contribution in [1.29, 1.82) is 0 Å². The summed E-state index contributed by atoms with van der Waals surface area (Å²) in [6, 6.07) is 3.89. The van der Waals surface area contributed by atoms with Gasteiger partial charge < -0.3 is 4.79 Å². The fourth-order valence-electron chi connectivity index (χ4n) is 2.14. The maximum atomic E-state index is 12.5. The van der Waals surface area contributed by atoms with Crippen molar-refractivity contribution in [1.82, 2.24) is 4.31 Å². The number of rotatable bonds is 3. The van der Waals surface area contributed by atoms with Crippen LogP contribution < -0.4 is 0 Å². The van der Waals surface area contributed by atoms with Gasteiger partial charge in [0.15, 0.2) is 0 Å². The van der Waals surface area contributed by atoms with E-state index in [-0.39, 0.29) is 4.90 Å². The average molecular weight is 367 g/mol. The first kappa shape index (κ1) is 15.0. The second kappa shape index (κ2) is 5.91. The Morgan fingerprint density at radius 2 is 2.11 bits per heavy atom. The molecule has 7 heteroatoms. The standard InChI is InChI=1S/C12H13BrClNO3S/c13-11-7-10(4-5-12(11)14)19(17,18)15-6-2-1-3-9(15)8-16/h4-5,7-9H,1-3,6H2. The maximum Gasteiger partial charge on any atom is 0.243 e. The summed E-state index contributed by atoms with van der Waals surface area (Å²) in [6.07, 6.45) is 2.94. The summed E-state index contributed by atoms with van der Waals surface area (Å²) in [5.74, 6) is 0. The third-order valence-electron chi connectivity index (χ3n) is 3.15. The van der Waals surface area contributed by atoms with E-state index in [4.69, 9.17) is 11.6 Å². The number of sulfonamides is 1. The van der Waals surface area contributed by atoms with Crippen molar-refractivity contribution in [3.63, 3.8) is 0 Å². The maximum absolute atomic E-state index is 12.5. The lowest BCUT2D eigenvalue weighted by molar-refractivity contribution is -0.111. The molecule has 1 unspecified atom stereocenters. The van der Waals surface area contributed by atoms with Crippen LogP contribution in [0.2, 0.25) is 5.02 Å². The van der Waals surface area contributed by atoms with E-state index in [0.717, 1.165) is 12.8 Å². The molecule has 4 nitrogen and oxygen atoms in total. The Morgan fingerprint density at radius 1 is 1.37 bits per heavy atom. The summed E-state index contributed by atoms with van der Waals surface area (Å²) >= 11 is 9.07. The highest BCUT2D eigenvalue weighted by Gasteiger charge is 2.33. The van der Waals surface area contributed by atoms with Crippen LogP contribution in [0, 0.1) is 0 Å². The van der Waals surface area contributed by atoms with Crippen molar-refractivity contribution in [2.45, 2.75) is 30.2 Å². The molecule has 0 N–H and O–H groups in total. The van der Waals surface area contributed by atoms with Gasteiger partial charge in [0.05, 0.1) is 16.0 Å². The van der Waals surface area contributed by atoms with Gasteiger partial charge in [-0.25, -0.2) is 8.42 Å². The zero-order valence-corrected chi connectivity index (χ0v) is 13.2. The molecular formula is C12H13BrClNO3S. The summed E-state index contributed by atoms with van der Waals surface area (Å²) < 4.78 is 26.8. The molecular weight excluding hydrogens is 354 g/mol. The third kappa shape index (κ3) is 3.02. The largest absolute Gasteiger partial charge is 0.302 e.